The molecule has 0 amide bonds. The van der Waals surface area contributed by atoms with Crippen molar-refractivity contribution in [3.05, 3.63) is 118 Å². The third kappa shape index (κ3) is 4.98. The summed E-state index contributed by atoms with van der Waals surface area (Å²) in [6, 6.07) is 29.7. The van der Waals surface area contributed by atoms with E-state index < -0.39 is 28.3 Å². The molecule has 38 heavy (non-hydrogen) atoms. The van der Waals surface area contributed by atoms with Gasteiger partial charge in [-0.1, -0.05) is 0 Å². The zero-order chi connectivity index (χ0) is 24.8. The Morgan fingerprint density at radius 1 is 0.816 bits per heavy atom. The smallest absolute Gasteiger partial charge is 1.00 e. The SMILES string of the molecule is CCC1=Cc2c(-c3ccccc3CN)cccc2C1c1[c]([Zr+2][SiH](C)C)ccc2c1Cc1ccccc1-2.[Cl-].[Cl-]. The van der Waals surface area contributed by atoms with E-state index in [-0.39, 0.29) is 24.8 Å². The molecule has 0 aromatic heterocycles. The standard InChI is InChI=1S/C31H26N.C2H7Si.2ClH.Zr/c1-2-20-17-29-26(24-12-6-4-10-22(24)19-32)14-8-15-27(29)31(20)28-16-7-13-25-23-11-5-3-9-21(23)18-30(25)28;1-3-2;;;/h3-15,17,31H,2,18-19,32H2,1H3;3H,1-2H3;2*1H;/q;;;;+2/p-2. The molecule has 4 aromatic carbocycles. The predicted octanol–water partition coefficient (Wildman–Crippen LogP) is 1.02. The largest absolute Gasteiger partial charge is 1.00 e. The average Bonchev–Trinajstić information content (AvgIpc) is 3.46. The van der Waals surface area contributed by atoms with Crippen LogP contribution in [0.4, 0.5) is 0 Å². The first-order valence-corrected chi connectivity index (χ1v) is 21.6. The molecule has 1 atom stereocenters. The molecule has 0 spiro atoms. The summed E-state index contributed by atoms with van der Waals surface area (Å²) < 4.78 is 1.75. The number of allylic oxidation sites excluding steroid dienone is 1. The predicted molar refractivity (Wildman–Crippen MR) is 153 cm³/mol. The second-order valence-corrected chi connectivity index (χ2v) is 24.9. The topological polar surface area (TPSA) is 26.0 Å². The summed E-state index contributed by atoms with van der Waals surface area (Å²) in [6.07, 6.45) is 4.68. The van der Waals surface area contributed by atoms with E-state index in [0.717, 1.165) is 12.8 Å². The van der Waals surface area contributed by atoms with Crippen LogP contribution in [-0.4, -0.2) is 5.92 Å². The Bertz CT molecular complexity index is 1510. The maximum absolute atomic E-state index is 6.17. The Kier molecular flexibility index (Phi) is 9.38. The first-order valence-electron chi connectivity index (χ1n) is 13.2. The third-order valence-electron chi connectivity index (χ3n) is 7.85. The van der Waals surface area contributed by atoms with Crippen LogP contribution < -0.4 is 33.8 Å². The van der Waals surface area contributed by atoms with Crippen molar-refractivity contribution in [1.82, 2.24) is 0 Å². The van der Waals surface area contributed by atoms with Gasteiger partial charge in [-0.05, 0) is 0 Å². The van der Waals surface area contributed by atoms with Gasteiger partial charge in [0.1, 0.15) is 0 Å². The molecule has 0 fully saturated rings. The molecule has 2 aliphatic rings. The molecule has 192 valence electrons. The zero-order valence-electron chi connectivity index (χ0n) is 22.2. The summed E-state index contributed by atoms with van der Waals surface area (Å²) >= 11 is -0.585. The fourth-order valence-corrected chi connectivity index (χ4v) is 14.6. The van der Waals surface area contributed by atoms with E-state index in [1.54, 1.807) is 20.0 Å². The normalized spacial score (nSPS) is 14.6. The van der Waals surface area contributed by atoms with Crippen molar-refractivity contribution >= 4 is 15.3 Å². The molecular formula is C33H33Cl2NSiZr. The van der Waals surface area contributed by atoms with Gasteiger partial charge in [0.2, 0.25) is 0 Å². The molecule has 2 aliphatic carbocycles. The van der Waals surface area contributed by atoms with Crippen LogP contribution in [-0.2, 0) is 35.4 Å². The molecule has 6 rings (SSSR count). The van der Waals surface area contributed by atoms with Gasteiger partial charge in [0.25, 0.3) is 0 Å². The van der Waals surface area contributed by atoms with Crippen molar-refractivity contribution in [2.45, 2.75) is 45.3 Å². The van der Waals surface area contributed by atoms with E-state index in [1.165, 1.54) is 44.5 Å². The molecule has 2 N–H and O–H groups in total. The maximum Gasteiger partial charge on any atom is -1.00 e. The first-order chi connectivity index (χ1) is 17.6. The fraction of sp³-hybridized carbons (Fsp3) is 0.212. The van der Waals surface area contributed by atoms with Gasteiger partial charge in [-0.3, -0.25) is 0 Å². The van der Waals surface area contributed by atoms with E-state index in [0.29, 0.717) is 12.5 Å². The molecule has 4 aromatic rings. The fourth-order valence-electron chi connectivity index (χ4n) is 6.31. The van der Waals surface area contributed by atoms with E-state index in [1.807, 2.05) is 0 Å². The number of fused-ring (bicyclic) bond motifs is 4. The summed E-state index contributed by atoms with van der Waals surface area (Å²) in [7, 11) is 0. The monoisotopic (exact) mass is 631 g/mol. The summed E-state index contributed by atoms with van der Waals surface area (Å²) in [5.74, 6) is -0.241. The minimum absolute atomic E-state index is 0. The van der Waals surface area contributed by atoms with Gasteiger partial charge in [0, 0.05) is 0 Å². The second-order valence-electron chi connectivity index (χ2n) is 10.4. The van der Waals surface area contributed by atoms with E-state index in [9.17, 15) is 0 Å². The van der Waals surface area contributed by atoms with Gasteiger partial charge in [-0.15, -0.1) is 0 Å². The Hall–Kier alpha value is -1.74. The third-order valence-corrected chi connectivity index (χ3v) is 16.4. The summed E-state index contributed by atoms with van der Waals surface area (Å²) in [4.78, 5) is 0. The van der Waals surface area contributed by atoms with Gasteiger partial charge >= 0.3 is 229 Å². The summed E-state index contributed by atoms with van der Waals surface area (Å²) in [5.41, 5.74) is 22.2. The summed E-state index contributed by atoms with van der Waals surface area (Å²) in [5, 5.41) is 0. The molecule has 0 heterocycles. The van der Waals surface area contributed by atoms with Crippen molar-refractivity contribution in [2.24, 2.45) is 5.73 Å². The number of hydrogen-bond donors (Lipinski definition) is 1. The molecular weight excluding hydrogens is 601 g/mol. The maximum atomic E-state index is 6.17. The van der Waals surface area contributed by atoms with Gasteiger partial charge < -0.3 is 24.8 Å². The molecule has 5 heteroatoms. The molecule has 0 bridgehead atoms. The van der Waals surface area contributed by atoms with Crippen molar-refractivity contribution in [3.63, 3.8) is 0 Å². The molecule has 1 unspecified atom stereocenters. The minimum Gasteiger partial charge on any atom is -1.00 e. The van der Waals surface area contributed by atoms with Gasteiger partial charge in [-0.2, -0.15) is 0 Å². The van der Waals surface area contributed by atoms with Crippen LogP contribution in [0.3, 0.4) is 0 Å². The quantitative estimate of drug-likeness (QED) is 0.278. The molecule has 0 radical (unpaired) electrons. The average molecular weight is 634 g/mol. The van der Waals surface area contributed by atoms with Gasteiger partial charge in [0.05, 0.1) is 0 Å². The Labute approximate surface area is 251 Å². The molecule has 0 aliphatic heterocycles. The number of rotatable bonds is 6. The first kappa shape index (κ1) is 29.2. The number of hydrogen-bond acceptors (Lipinski definition) is 1. The van der Waals surface area contributed by atoms with E-state index >= 15 is 0 Å². The van der Waals surface area contributed by atoms with E-state index in [4.69, 9.17) is 5.73 Å². The van der Waals surface area contributed by atoms with Crippen molar-refractivity contribution in [3.8, 4) is 22.3 Å². The second kappa shape index (κ2) is 12.2. The van der Waals surface area contributed by atoms with Crippen LogP contribution in [0, 0.1) is 0 Å². The zero-order valence-corrected chi connectivity index (χ0v) is 27.3. The van der Waals surface area contributed by atoms with Crippen LogP contribution in [0.1, 0.15) is 52.6 Å². The van der Waals surface area contributed by atoms with Crippen molar-refractivity contribution in [1.29, 1.82) is 0 Å². The molecule has 0 saturated heterocycles. The number of benzene rings is 4. The Morgan fingerprint density at radius 2 is 1.53 bits per heavy atom. The van der Waals surface area contributed by atoms with Crippen LogP contribution in [0.2, 0.25) is 13.1 Å². The van der Waals surface area contributed by atoms with Gasteiger partial charge in [-0.25, -0.2) is 0 Å². The summed E-state index contributed by atoms with van der Waals surface area (Å²) in [6.45, 7) is 8.01. The van der Waals surface area contributed by atoms with Crippen LogP contribution in [0.25, 0.3) is 28.3 Å². The Balaban J connectivity index is 0.00000168. The van der Waals surface area contributed by atoms with Crippen LogP contribution in [0.15, 0.2) is 84.4 Å². The minimum atomic E-state index is -0.619. The van der Waals surface area contributed by atoms with Crippen LogP contribution in [0.5, 0.6) is 0 Å². The molecule has 0 saturated carbocycles. The Morgan fingerprint density at radius 3 is 2.26 bits per heavy atom. The van der Waals surface area contributed by atoms with Gasteiger partial charge in [0.15, 0.2) is 0 Å². The van der Waals surface area contributed by atoms with E-state index in [2.05, 4.69) is 105 Å². The van der Waals surface area contributed by atoms with Crippen molar-refractivity contribution < 1.29 is 47.2 Å². The number of nitrogens with two attached hydrogens (primary N) is 1. The van der Waals surface area contributed by atoms with Crippen LogP contribution >= 0.6 is 0 Å². The van der Waals surface area contributed by atoms with Crippen molar-refractivity contribution in [2.75, 3.05) is 0 Å². The number of halogens is 2. The molecule has 1 nitrogen and oxygen atoms in total.